The van der Waals surface area contributed by atoms with E-state index in [1.54, 1.807) is 6.20 Å². The Bertz CT molecular complexity index is 473. The van der Waals surface area contributed by atoms with Crippen LogP contribution in [0.4, 0.5) is 5.13 Å². The molecule has 3 aliphatic rings. The lowest BCUT2D eigenvalue weighted by Crippen LogP contribution is -2.18. The van der Waals surface area contributed by atoms with Crippen molar-refractivity contribution in [3.63, 3.8) is 0 Å². The van der Waals surface area contributed by atoms with E-state index in [9.17, 15) is 4.79 Å². The van der Waals surface area contributed by atoms with Crippen molar-refractivity contribution in [2.24, 2.45) is 29.6 Å². The highest BCUT2D eigenvalue weighted by Crippen LogP contribution is 2.69. The molecule has 2 bridgehead atoms. The molecule has 1 N–H and O–H groups in total. The summed E-state index contributed by atoms with van der Waals surface area (Å²) in [4.78, 5) is 16.3. The van der Waals surface area contributed by atoms with E-state index in [1.165, 1.54) is 30.6 Å². The van der Waals surface area contributed by atoms with Crippen molar-refractivity contribution < 1.29 is 4.79 Å². The maximum atomic E-state index is 12.2. The Balaban J connectivity index is 1.46. The van der Waals surface area contributed by atoms with Gasteiger partial charge in [0.25, 0.3) is 0 Å². The molecule has 0 spiro atoms. The lowest BCUT2D eigenvalue weighted by atomic mass is 10.0. The second-order valence-electron chi connectivity index (χ2n) is 5.47. The van der Waals surface area contributed by atoms with Crippen molar-refractivity contribution in [3.8, 4) is 0 Å². The van der Waals surface area contributed by atoms with Gasteiger partial charge in [0.15, 0.2) is 5.13 Å². The molecule has 17 heavy (non-hydrogen) atoms. The molecule has 4 atom stereocenters. The van der Waals surface area contributed by atoms with Crippen molar-refractivity contribution in [1.29, 1.82) is 0 Å². The molecule has 1 aromatic rings. The third-order valence-electron chi connectivity index (χ3n) is 4.75. The Morgan fingerprint density at radius 2 is 2.12 bits per heavy atom. The second kappa shape index (κ2) is 3.54. The maximum absolute atomic E-state index is 12.2. The third kappa shape index (κ3) is 1.51. The van der Waals surface area contributed by atoms with Crippen LogP contribution in [0.1, 0.15) is 19.3 Å². The fourth-order valence-corrected chi connectivity index (χ4v) is 5.29. The van der Waals surface area contributed by atoms with Gasteiger partial charge in [-0.3, -0.25) is 4.79 Å². The van der Waals surface area contributed by atoms with Gasteiger partial charge in [0.2, 0.25) is 5.91 Å². The molecule has 1 aromatic heterocycles. The zero-order valence-electron chi connectivity index (χ0n) is 9.23. The number of anilines is 1. The number of aromatic nitrogens is 1. The van der Waals surface area contributed by atoms with Gasteiger partial charge in [0.1, 0.15) is 0 Å². The van der Waals surface area contributed by atoms with Gasteiger partial charge in [-0.1, -0.05) is 11.3 Å². The number of hydrogen-bond donors (Lipinski definition) is 1. The minimum absolute atomic E-state index is 0.207. The topological polar surface area (TPSA) is 42.0 Å². The van der Waals surface area contributed by atoms with Crippen LogP contribution in [0.15, 0.2) is 9.98 Å². The molecule has 90 valence electrons. The van der Waals surface area contributed by atoms with Gasteiger partial charge in [-0.25, -0.2) is 4.98 Å². The molecule has 1 heterocycles. The number of amides is 1. The number of fused-ring (bicyclic) bond motifs is 5. The highest BCUT2D eigenvalue weighted by molar-refractivity contribution is 9.11. The molecular weight excluding hydrogens is 300 g/mol. The average Bonchev–Trinajstić information content (AvgIpc) is 2.65. The first kappa shape index (κ1) is 10.5. The molecule has 3 saturated carbocycles. The van der Waals surface area contributed by atoms with Gasteiger partial charge in [-0.05, 0) is 58.9 Å². The van der Waals surface area contributed by atoms with E-state index in [4.69, 9.17) is 0 Å². The molecule has 4 unspecified atom stereocenters. The Morgan fingerprint density at radius 1 is 1.41 bits per heavy atom. The predicted octanol–water partition coefficient (Wildman–Crippen LogP) is 3.14. The van der Waals surface area contributed by atoms with E-state index in [0.29, 0.717) is 17.8 Å². The SMILES string of the molecule is O=C(Nc1ncc(Br)s1)C1C2C3CCC(C3)C12. The van der Waals surface area contributed by atoms with E-state index < -0.39 is 0 Å². The van der Waals surface area contributed by atoms with Gasteiger partial charge in [0.05, 0.1) is 9.98 Å². The molecule has 3 nitrogen and oxygen atoms in total. The summed E-state index contributed by atoms with van der Waals surface area (Å²) in [6.07, 6.45) is 5.84. The van der Waals surface area contributed by atoms with Crippen LogP contribution in [0.25, 0.3) is 0 Å². The molecule has 3 fully saturated rings. The summed E-state index contributed by atoms with van der Waals surface area (Å²) in [5.74, 6) is 3.62. The minimum atomic E-state index is 0.207. The standard InChI is InChI=1S/C12H13BrN2OS/c13-7-4-14-12(17-7)15-11(16)10-8-5-1-2-6(3-5)9(8)10/h4-6,8-10H,1-3H2,(H,14,15,16). The first-order chi connectivity index (χ1) is 8.24. The third-order valence-corrected chi connectivity index (χ3v) is 6.14. The number of halogens is 1. The Labute approximate surface area is 112 Å². The van der Waals surface area contributed by atoms with Gasteiger partial charge < -0.3 is 5.32 Å². The molecule has 0 aliphatic heterocycles. The number of hydrogen-bond acceptors (Lipinski definition) is 3. The fraction of sp³-hybridized carbons (Fsp3) is 0.667. The Kier molecular flexibility index (Phi) is 2.19. The van der Waals surface area contributed by atoms with Crippen molar-refractivity contribution in [2.45, 2.75) is 19.3 Å². The van der Waals surface area contributed by atoms with Crippen LogP contribution in [0.5, 0.6) is 0 Å². The fourth-order valence-electron chi connectivity index (χ4n) is 4.18. The van der Waals surface area contributed by atoms with E-state index in [2.05, 4.69) is 26.2 Å². The summed E-state index contributed by atoms with van der Waals surface area (Å²) in [6.45, 7) is 0. The number of thiazole rings is 1. The highest BCUT2D eigenvalue weighted by Gasteiger charge is 2.67. The lowest BCUT2D eigenvalue weighted by Gasteiger charge is -2.07. The minimum Gasteiger partial charge on any atom is -0.302 e. The van der Waals surface area contributed by atoms with Crippen LogP contribution in [0.2, 0.25) is 0 Å². The van der Waals surface area contributed by atoms with Crippen LogP contribution < -0.4 is 5.32 Å². The summed E-state index contributed by atoms with van der Waals surface area (Å²) < 4.78 is 0.962. The van der Waals surface area contributed by atoms with E-state index in [-0.39, 0.29) is 5.91 Å². The van der Waals surface area contributed by atoms with Crippen LogP contribution in [0, 0.1) is 29.6 Å². The van der Waals surface area contributed by atoms with Crippen molar-refractivity contribution in [1.82, 2.24) is 4.98 Å². The van der Waals surface area contributed by atoms with Gasteiger partial charge in [-0.2, -0.15) is 0 Å². The monoisotopic (exact) mass is 312 g/mol. The Hall–Kier alpha value is -0.420. The van der Waals surface area contributed by atoms with Crippen LogP contribution >= 0.6 is 27.3 Å². The van der Waals surface area contributed by atoms with E-state index >= 15 is 0 Å². The number of rotatable bonds is 2. The molecule has 0 aromatic carbocycles. The lowest BCUT2D eigenvalue weighted by molar-refractivity contribution is -0.118. The molecule has 4 rings (SSSR count). The molecule has 1 amide bonds. The molecule has 0 radical (unpaired) electrons. The number of carbonyl (C=O) groups is 1. The largest absolute Gasteiger partial charge is 0.302 e. The van der Waals surface area contributed by atoms with Crippen LogP contribution in [-0.2, 0) is 4.79 Å². The Morgan fingerprint density at radius 3 is 2.71 bits per heavy atom. The average molecular weight is 313 g/mol. The van der Waals surface area contributed by atoms with Crippen LogP contribution in [0.3, 0.4) is 0 Å². The molecule has 3 aliphatic carbocycles. The summed E-state index contributed by atoms with van der Waals surface area (Å²) >= 11 is 4.84. The molecule has 0 saturated heterocycles. The molecular formula is C12H13BrN2OS. The second-order valence-corrected chi connectivity index (χ2v) is 7.88. The van der Waals surface area contributed by atoms with E-state index in [1.807, 2.05) is 0 Å². The van der Waals surface area contributed by atoms with E-state index in [0.717, 1.165) is 20.8 Å². The van der Waals surface area contributed by atoms with Gasteiger partial charge >= 0.3 is 0 Å². The smallest absolute Gasteiger partial charge is 0.229 e. The highest BCUT2D eigenvalue weighted by atomic mass is 79.9. The van der Waals surface area contributed by atoms with Gasteiger partial charge in [0, 0.05) is 5.92 Å². The normalized spacial score (nSPS) is 41.4. The maximum Gasteiger partial charge on any atom is 0.229 e. The number of nitrogens with zero attached hydrogens (tertiary/aromatic N) is 1. The summed E-state index contributed by atoms with van der Waals surface area (Å²) in [6, 6.07) is 0. The van der Waals surface area contributed by atoms with Crippen molar-refractivity contribution in [3.05, 3.63) is 9.98 Å². The van der Waals surface area contributed by atoms with Crippen LogP contribution in [-0.4, -0.2) is 10.9 Å². The summed E-state index contributed by atoms with van der Waals surface area (Å²) in [5.41, 5.74) is 0. The van der Waals surface area contributed by atoms with Crippen molar-refractivity contribution >= 4 is 38.3 Å². The zero-order valence-corrected chi connectivity index (χ0v) is 11.6. The first-order valence-electron chi connectivity index (χ1n) is 6.16. The number of nitrogens with one attached hydrogen (secondary N) is 1. The van der Waals surface area contributed by atoms with Gasteiger partial charge in [-0.15, -0.1) is 0 Å². The predicted molar refractivity (Wildman–Crippen MR) is 69.7 cm³/mol. The summed E-state index contributed by atoms with van der Waals surface area (Å²) in [7, 11) is 0. The summed E-state index contributed by atoms with van der Waals surface area (Å²) in [5, 5.41) is 3.68. The molecule has 5 heteroatoms. The van der Waals surface area contributed by atoms with Crippen molar-refractivity contribution in [2.75, 3.05) is 5.32 Å². The zero-order chi connectivity index (χ0) is 11.6. The number of carbonyl (C=O) groups excluding carboxylic acids is 1. The first-order valence-corrected chi connectivity index (χ1v) is 7.77. The quantitative estimate of drug-likeness (QED) is 0.911.